The summed E-state index contributed by atoms with van der Waals surface area (Å²) in [7, 11) is 0. The van der Waals surface area contributed by atoms with Crippen molar-refractivity contribution in [1.82, 2.24) is 0 Å². The van der Waals surface area contributed by atoms with Crippen molar-refractivity contribution in [2.45, 2.75) is 50.7 Å². The van der Waals surface area contributed by atoms with Gasteiger partial charge in [-0.1, -0.05) is 19.8 Å². The quantitative estimate of drug-likeness (QED) is 0.741. The Labute approximate surface area is 90.5 Å². The van der Waals surface area contributed by atoms with Crippen molar-refractivity contribution in [2.75, 3.05) is 5.75 Å². The number of carboxylic acid groups (broad SMARTS) is 1. The summed E-state index contributed by atoms with van der Waals surface area (Å²) < 4.78 is 0. The molecule has 0 aromatic rings. The van der Waals surface area contributed by atoms with Gasteiger partial charge in [0.25, 0.3) is 0 Å². The van der Waals surface area contributed by atoms with Crippen molar-refractivity contribution in [1.29, 1.82) is 0 Å². The van der Waals surface area contributed by atoms with Gasteiger partial charge in [0.1, 0.15) is 0 Å². The number of carboxylic acids is 1. The minimum absolute atomic E-state index is 0.318. The largest absolute Gasteiger partial charge is 0.481 e. The zero-order valence-corrected chi connectivity index (χ0v) is 9.68. The van der Waals surface area contributed by atoms with Gasteiger partial charge in [0.15, 0.2) is 0 Å². The Morgan fingerprint density at radius 3 is 2.71 bits per heavy atom. The molecule has 0 aromatic heterocycles. The van der Waals surface area contributed by atoms with E-state index < -0.39 is 5.97 Å². The van der Waals surface area contributed by atoms with E-state index >= 15 is 0 Å². The average Bonchev–Trinajstić information content (AvgIpc) is 2.63. The second-order valence-corrected chi connectivity index (χ2v) is 5.70. The number of hydrogen-bond acceptors (Lipinski definition) is 2. The van der Waals surface area contributed by atoms with Crippen LogP contribution < -0.4 is 0 Å². The first-order valence-corrected chi connectivity index (χ1v) is 6.56. The molecule has 1 aliphatic rings. The standard InChI is InChI=1S/C11H20O2S/c1-9(6-7-11(12)13)14-8-10-4-2-3-5-10/h9-10H,2-8H2,1H3,(H,12,13). The lowest BCUT2D eigenvalue weighted by atomic mass is 10.1. The van der Waals surface area contributed by atoms with E-state index in [9.17, 15) is 4.79 Å². The van der Waals surface area contributed by atoms with Gasteiger partial charge in [-0.2, -0.15) is 11.8 Å². The summed E-state index contributed by atoms with van der Waals surface area (Å²) in [6, 6.07) is 0. The predicted molar refractivity (Wildman–Crippen MR) is 60.7 cm³/mol. The van der Waals surface area contributed by atoms with Gasteiger partial charge < -0.3 is 5.11 Å². The fraction of sp³-hybridized carbons (Fsp3) is 0.909. The number of thioether (sulfide) groups is 1. The third kappa shape index (κ3) is 4.89. The van der Waals surface area contributed by atoms with Gasteiger partial charge in [-0.3, -0.25) is 4.79 Å². The van der Waals surface area contributed by atoms with Crippen LogP contribution in [-0.4, -0.2) is 22.1 Å². The topological polar surface area (TPSA) is 37.3 Å². The highest BCUT2D eigenvalue weighted by Crippen LogP contribution is 2.30. The van der Waals surface area contributed by atoms with Crippen LogP contribution in [-0.2, 0) is 4.79 Å². The minimum Gasteiger partial charge on any atom is -0.481 e. The fourth-order valence-corrected chi connectivity index (χ4v) is 3.11. The molecular formula is C11H20O2S. The smallest absolute Gasteiger partial charge is 0.303 e. The Balaban J connectivity index is 2.02. The van der Waals surface area contributed by atoms with E-state index in [1.54, 1.807) is 0 Å². The van der Waals surface area contributed by atoms with Crippen molar-refractivity contribution < 1.29 is 9.90 Å². The molecule has 0 spiro atoms. The Hall–Kier alpha value is -0.180. The van der Waals surface area contributed by atoms with Gasteiger partial charge in [0.2, 0.25) is 0 Å². The van der Waals surface area contributed by atoms with E-state index in [1.807, 2.05) is 11.8 Å². The summed E-state index contributed by atoms with van der Waals surface area (Å²) in [5.41, 5.74) is 0. The van der Waals surface area contributed by atoms with Gasteiger partial charge in [0.05, 0.1) is 0 Å². The summed E-state index contributed by atoms with van der Waals surface area (Å²) in [5.74, 6) is 1.48. The molecule has 3 heteroatoms. The van der Waals surface area contributed by atoms with E-state index in [2.05, 4.69) is 6.92 Å². The molecule has 1 fully saturated rings. The molecule has 82 valence electrons. The van der Waals surface area contributed by atoms with Crippen LogP contribution in [0.2, 0.25) is 0 Å². The predicted octanol–water partition coefficient (Wildman–Crippen LogP) is 3.16. The monoisotopic (exact) mass is 216 g/mol. The molecule has 0 bridgehead atoms. The zero-order chi connectivity index (χ0) is 10.4. The van der Waals surface area contributed by atoms with Crippen molar-refractivity contribution in [2.24, 2.45) is 5.92 Å². The van der Waals surface area contributed by atoms with Crippen LogP contribution in [0.3, 0.4) is 0 Å². The maximum Gasteiger partial charge on any atom is 0.303 e. The first kappa shape index (κ1) is 11.9. The minimum atomic E-state index is -0.668. The Morgan fingerprint density at radius 2 is 2.14 bits per heavy atom. The first-order valence-electron chi connectivity index (χ1n) is 5.52. The Morgan fingerprint density at radius 1 is 1.50 bits per heavy atom. The van der Waals surface area contributed by atoms with Gasteiger partial charge in [0, 0.05) is 11.7 Å². The molecule has 1 atom stereocenters. The number of hydrogen-bond donors (Lipinski definition) is 1. The molecule has 1 unspecified atom stereocenters. The number of rotatable bonds is 6. The second-order valence-electron chi connectivity index (χ2n) is 4.23. The molecule has 1 saturated carbocycles. The average molecular weight is 216 g/mol. The highest BCUT2D eigenvalue weighted by Gasteiger charge is 2.16. The van der Waals surface area contributed by atoms with E-state index in [1.165, 1.54) is 31.4 Å². The Kier molecular flexibility index (Phi) is 5.38. The molecule has 1 aliphatic carbocycles. The molecule has 0 saturated heterocycles. The molecule has 0 aromatic carbocycles. The maximum atomic E-state index is 10.4. The third-order valence-corrected chi connectivity index (χ3v) is 4.32. The van der Waals surface area contributed by atoms with E-state index in [0.717, 1.165) is 12.3 Å². The van der Waals surface area contributed by atoms with E-state index in [-0.39, 0.29) is 0 Å². The third-order valence-electron chi connectivity index (χ3n) is 2.86. The summed E-state index contributed by atoms with van der Waals surface area (Å²) >= 11 is 1.95. The highest BCUT2D eigenvalue weighted by atomic mass is 32.2. The van der Waals surface area contributed by atoms with Gasteiger partial charge in [-0.25, -0.2) is 0 Å². The number of aliphatic carboxylic acids is 1. The molecule has 1 N–H and O–H groups in total. The lowest BCUT2D eigenvalue weighted by Crippen LogP contribution is -2.06. The summed E-state index contributed by atoms with van der Waals surface area (Å²) in [5, 5.41) is 9.04. The SMILES string of the molecule is CC(CCC(=O)O)SCC1CCCC1. The fourth-order valence-electron chi connectivity index (χ4n) is 1.89. The molecule has 2 nitrogen and oxygen atoms in total. The summed E-state index contributed by atoms with van der Waals surface area (Å²) in [4.78, 5) is 10.4. The van der Waals surface area contributed by atoms with Crippen LogP contribution in [0.5, 0.6) is 0 Å². The molecule has 0 amide bonds. The first-order chi connectivity index (χ1) is 6.68. The number of carbonyl (C=O) groups is 1. The molecule has 0 radical (unpaired) electrons. The van der Waals surface area contributed by atoms with E-state index in [4.69, 9.17) is 5.11 Å². The van der Waals surface area contributed by atoms with Crippen molar-refractivity contribution in [3.05, 3.63) is 0 Å². The van der Waals surface area contributed by atoms with Crippen LogP contribution in [0.1, 0.15) is 45.4 Å². The van der Waals surface area contributed by atoms with Crippen LogP contribution in [0, 0.1) is 5.92 Å². The normalized spacial score (nSPS) is 19.8. The molecule has 0 aliphatic heterocycles. The lowest BCUT2D eigenvalue weighted by Gasteiger charge is -2.13. The van der Waals surface area contributed by atoms with Gasteiger partial charge in [-0.05, 0) is 30.9 Å². The van der Waals surface area contributed by atoms with Crippen molar-refractivity contribution in [3.8, 4) is 0 Å². The maximum absolute atomic E-state index is 10.4. The Bertz CT molecular complexity index is 176. The molecule has 1 rings (SSSR count). The van der Waals surface area contributed by atoms with Crippen LogP contribution in [0.25, 0.3) is 0 Å². The van der Waals surface area contributed by atoms with Crippen molar-refractivity contribution >= 4 is 17.7 Å². The van der Waals surface area contributed by atoms with Crippen LogP contribution >= 0.6 is 11.8 Å². The zero-order valence-electron chi connectivity index (χ0n) is 8.87. The molecule has 0 heterocycles. The van der Waals surface area contributed by atoms with Gasteiger partial charge in [-0.15, -0.1) is 0 Å². The highest BCUT2D eigenvalue weighted by molar-refractivity contribution is 7.99. The van der Waals surface area contributed by atoms with Crippen LogP contribution in [0.15, 0.2) is 0 Å². The lowest BCUT2D eigenvalue weighted by molar-refractivity contribution is -0.137. The van der Waals surface area contributed by atoms with E-state index in [0.29, 0.717) is 11.7 Å². The van der Waals surface area contributed by atoms with Crippen LogP contribution in [0.4, 0.5) is 0 Å². The molecular weight excluding hydrogens is 196 g/mol. The second kappa shape index (κ2) is 6.33. The summed E-state index contributed by atoms with van der Waals surface area (Å²) in [6.07, 6.45) is 6.70. The van der Waals surface area contributed by atoms with Crippen molar-refractivity contribution in [3.63, 3.8) is 0 Å². The van der Waals surface area contributed by atoms with Gasteiger partial charge >= 0.3 is 5.97 Å². The molecule has 14 heavy (non-hydrogen) atoms. The summed E-state index contributed by atoms with van der Waals surface area (Å²) in [6.45, 7) is 2.14.